The smallest absolute Gasteiger partial charge is 0.251 e. The average molecular weight is 373 g/mol. The molecule has 5 heteroatoms. The Balaban J connectivity index is 1.55. The second-order valence-electron chi connectivity index (χ2n) is 7.18. The number of aromatic nitrogens is 1. The fourth-order valence-electron chi connectivity index (χ4n) is 3.73. The molecule has 1 fully saturated rings. The summed E-state index contributed by atoms with van der Waals surface area (Å²) in [6.07, 6.45) is 3.81. The van der Waals surface area contributed by atoms with E-state index in [1.54, 1.807) is 30.3 Å². The molecule has 2 heterocycles. The molecule has 3 aromatic rings. The van der Waals surface area contributed by atoms with Gasteiger partial charge in [0, 0.05) is 24.5 Å². The molecule has 2 aromatic carbocycles. The van der Waals surface area contributed by atoms with Crippen LogP contribution in [0.3, 0.4) is 0 Å². The number of hydrogen-bond acceptors (Lipinski definition) is 4. The summed E-state index contributed by atoms with van der Waals surface area (Å²) in [7, 11) is 0. The van der Waals surface area contributed by atoms with Gasteiger partial charge in [-0.25, -0.2) is 0 Å². The van der Waals surface area contributed by atoms with E-state index < -0.39 is 0 Å². The quantitative estimate of drug-likeness (QED) is 0.674. The number of pyridine rings is 1. The first-order valence-corrected chi connectivity index (χ1v) is 9.77. The molecule has 28 heavy (non-hydrogen) atoms. The molecule has 0 bridgehead atoms. The highest BCUT2D eigenvalue weighted by molar-refractivity contribution is 5.80. The number of rotatable bonds is 5. The van der Waals surface area contributed by atoms with Crippen molar-refractivity contribution in [3.63, 3.8) is 0 Å². The minimum absolute atomic E-state index is 0.0327. The number of fused-ring (bicyclic) bond motifs is 1. The molecule has 1 aliphatic heterocycles. The van der Waals surface area contributed by atoms with E-state index in [9.17, 15) is 4.79 Å². The molecule has 142 valence electrons. The van der Waals surface area contributed by atoms with E-state index in [2.05, 4.69) is 11.0 Å². The number of nitrogens with zero attached hydrogens (tertiary/aromatic N) is 3. The van der Waals surface area contributed by atoms with Crippen LogP contribution in [0.4, 0.5) is 0 Å². The highest BCUT2D eigenvalue weighted by atomic mass is 16.5. The summed E-state index contributed by atoms with van der Waals surface area (Å²) in [5.74, 6) is 1.38. The van der Waals surface area contributed by atoms with Gasteiger partial charge in [-0.05, 0) is 74.5 Å². The third-order valence-electron chi connectivity index (χ3n) is 5.27. The summed E-state index contributed by atoms with van der Waals surface area (Å²) in [5, 5.41) is 9.87. The third kappa shape index (κ3) is 4.08. The molecular weight excluding hydrogens is 350 g/mol. The fraction of sp³-hybridized carbons (Fsp3) is 0.304. The molecule has 1 aromatic heterocycles. The zero-order chi connectivity index (χ0) is 19.3. The molecule has 1 aliphatic rings. The second kappa shape index (κ2) is 8.28. The van der Waals surface area contributed by atoms with Crippen LogP contribution in [0, 0.1) is 11.3 Å². The number of ether oxygens (including phenoxy) is 1. The maximum absolute atomic E-state index is 12.4. The summed E-state index contributed by atoms with van der Waals surface area (Å²) < 4.78 is 7.76. The van der Waals surface area contributed by atoms with E-state index in [0.717, 1.165) is 30.5 Å². The molecule has 5 nitrogen and oxygen atoms in total. The van der Waals surface area contributed by atoms with E-state index in [4.69, 9.17) is 10.00 Å². The van der Waals surface area contributed by atoms with Crippen molar-refractivity contribution < 1.29 is 4.74 Å². The Bertz CT molecular complexity index is 1060. The Morgan fingerprint density at radius 1 is 0.893 bits per heavy atom. The van der Waals surface area contributed by atoms with Crippen molar-refractivity contribution >= 4 is 10.9 Å². The Hall–Kier alpha value is -3.10. The lowest BCUT2D eigenvalue weighted by Crippen LogP contribution is -2.34. The van der Waals surface area contributed by atoms with E-state index in [1.165, 1.54) is 19.3 Å². The van der Waals surface area contributed by atoms with Crippen LogP contribution in [-0.2, 0) is 6.54 Å². The van der Waals surface area contributed by atoms with Crippen LogP contribution in [0.1, 0.15) is 24.8 Å². The molecule has 0 spiro atoms. The lowest BCUT2D eigenvalue weighted by molar-refractivity contribution is 0.221. The number of benzene rings is 2. The monoisotopic (exact) mass is 373 g/mol. The van der Waals surface area contributed by atoms with E-state index in [0.29, 0.717) is 23.6 Å². The minimum atomic E-state index is 0.0327. The lowest BCUT2D eigenvalue weighted by atomic mass is 10.1. The Kier molecular flexibility index (Phi) is 5.41. The van der Waals surface area contributed by atoms with Gasteiger partial charge < -0.3 is 14.2 Å². The van der Waals surface area contributed by atoms with Gasteiger partial charge in [-0.2, -0.15) is 5.26 Å². The van der Waals surface area contributed by atoms with Crippen molar-refractivity contribution in [2.45, 2.75) is 25.8 Å². The zero-order valence-electron chi connectivity index (χ0n) is 15.8. The first-order chi connectivity index (χ1) is 13.7. The molecule has 0 aliphatic carbocycles. The second-order valence-corrected chi connectivity index (χ2v) is 7.18. The summed E-state index contributed by atoms with van der Waals surface area (Å²) in [5.41, 5.74) is 1.56. The van der Waals surface area contributed by atoms with Crippen LogP contribution in [0.25, 0.3) is 10.9 Å². The van der Waals surface area contributed by atoms with Gasteiger partial charge in [0.2, 0.25) is 0 Å². The fourth-order valence-corrected chi connectivity index (χ4v) is 3.73. The molecule has 0 atom stereocenters. The Morgan fingerprint density at radius 2 is 1.64 bits per heavy atom. The van der Waals surface area contributed by atoms with Crippen molar-refractivity contribution in [3.05, 3.63) is 70.5 Å². The van der Waals surface area contributed by atoms with Crippen LogP contribution < -0.4 is 10.3 Å². The van der Waals surface area contributed by atoms with Crippen LogP contribution in [0.2, 0.25) is 0 Å². The highest BCUT2D eigenvalue weighted by Crippen LogP contribution is 2.25. The topological polar surface area (TPSA) is 58.3 Å². The SMILES string of the molecule is N#Cc1ccc(Oc2ccc3c(ccc(=O)n3CCN3CCCCC3)c2)cc1. The predicted octanol–water partition coefficient (Wildman–Crippen LogP) is 4.15. The van der Waals surface area contributed by atoms with Crippen molar-refractivity contribution in [2.75, 3.05) is 19.6 Å². The van der Waals surface area contributed by atoms with Crippen molar-refractivity contribution in [1.82, 2.24) is 9.47 Å². The van der Waals surface area contributed by atoms with Gasteiger partial charge in [-0.15, -0.1) is 0 Å². The van der Waals surface area contributed by atoms with Gasteiger partial charge >= 0.3 is 0 Å². The Morgan fingerprint density at radius 3 is 2.39 bits per heavy atom. The number of piperidine rings is 1. The molecule has 1 saturated heterocycles. The van der Waals surface area contributed by atoms with E-state index in [1.807, 2.05) is 28.8 Å². The predicted molar refractivity (Wildman–Crippen MR) is 110 cm³/mol. The maximum atomic E-state index is 12.4. The van der Waals surface area contributed by atoms with Crippen LogP contribution >= 0.6 is 0 Å². The maximum Gasteiger partial charge on any atom is 0.251 e. The van der Waals surface area contributed by atoms with Gasteiger partial charge in [-0.1, -0.05) is 6.42 Å². The Labute approximate surface area is 164 Å². The average Bonchev–Trinajstić information content (AvgIpc) is 2.74. The van der Waals surface area contributed by atoms with Crippen molar-refractivity contribution in [2.24, 2.45) is 0 Å². The summed E-state index contributed by atoms with van der Waals surface area (Å²) in [4.78, 5) is 14.9. The van der Waals surface area contributed by atoms with Crippen LogP contribution in [0.5, 0.6) is 11.5 Å². The number of hydrogen-bond donors (Lipinski definition) is 0. The summed E-state index contributed by atoms with van der Waals surface area (Å²) >= 11 is 0. The van der Waals surface area contributed by atoms with Gasteiger partial charge in [0.25, 0.3) is 5.56 Å². The largest absolute Gasteiger partial charge is 0.457 e. The number of likely N-dealkylation sites (tertiary alicyclic amines) is 1. The standard InChI is InChI=1S/C23H23N3O2/c24-17-18-4-7-20(8-5-18)28-21-9-10-22-19(16-21)6-11-23(27)26(22)15-14-25-12-2-1-3-13-25/h4-11,16H,1-3,12-15H2. The van der Waals surface area contributed by atoms with Gasteiger partial charge in [0.05, 0.1) is 17.1 Å². The van der Waals surface area contributed by atoms with Gasteiger partial charge in [-0.3, -0.25) is 4.79 Å². The first-order valence-electron chi connectivity index (χ1n) is 9.77. The highest BCUT2D eigenvalue weighted by Gasteiger charge is 2.11. The molecular formula is C23H23N3O2. The molecule has 0 saturated carbocycles. The van der Waals surface area contributed by atoms with Crippen LogP contribution in [-0.4, -0.2) is 29.1 Å². The van der Waals surface area contributed by atoms with E-state index >= 15 is 0 Å². The molecule has 0 amide bonds. The third-order valence-corrected chi connectivity index (χ3v) is 5.27. The molecule has 0 unspecified atom stereocenters. The van der Waals surface area contributed by atoms with Gasteiger partial charge in [0.1, 0.15) is 11.5 Å². The summed E-state index contributed by atoms with van der Waals surface area (Å²) in [6.45, 7) is 3.86. The molecule has 4 rings (SSSR count). The van der Waals surface area contributed by atoms with Crippen molar-refractivity contribution in [3.8, 4) is 17.6 Å². The van der Waals surface area contributed by atoms with Crippen LogP contribution in [0.15, 0.2) is 59.4 Å². The lowest BCUT2D eigenvalue weighted by Gasteiger charge is -2.26. The minimum Gasteiger partial charge on any atom is -0.457 e. The first kappa shape index (κ1) is 18.3. The van der Waals surface area contributed by atoms with Crippen molar-refractivity contribution in [1.29, 1.82) is 5.26 Å². The molecule has 0 N–H and O–H groups in total. The number of nitriles is 1. The normalized spacial score (nSPS) is 14.7. The molecule has 0 radical (unpaired) electrons. The summed E-state index contributed by atoms with van der Waals surface area (Å²) in [6, 6.07) is 18.4. The van der Waals surface area contributed by atoms with Gasteiger partial charge in [0.15, 0.2) is 0 Å². The zero-order valence-corrected chi connectivity index (χ0v) is 15.8. The van der Waals surface area contributed by atoms with E-state index in [-0.39, 0.29) is 5.56 Å².